The Hall–Kier alpha value is -3.73. The van der Waals surface area contributed by atoms with Crippen LogP contribution in [0.5, 0.6) is 0 Å². The SMILES string of the molecule is CCCCn1c(-c2ccc(N3N=N3)cc2)nc2c3ccccc3c3ccccc3c21. The first kappa shape index (κ1) is 17.2. The molecule has 0 N–H and O–H groups in total. The van der Waals surface area contributed by atoms with Crippen molar-refractivity contribution >= 4 is 38.3 Å². The van der Waals surface area contributed by atoms with Crippen LogP contribution in [-0.4, -0.2) is 9.55 Å². The van der Waals surface area contributed by atoms with Crippen molar-refractivity contribution in [2.75, 3.05) is 5.12 Å². The van der Waals surface area contributed by atoms with Crippen molar-refractivity contribution in [1.29, 1.82) is 0 Å². The summed E-state index contributed by atoms with van der Waals surface area (Å²) in [6.45, 7) is 3.18. The van der Waals surface area contributed by atoms with E-state index in [4.69, 9.17) is 4.98 Å². The summed E-state index contributed by atoms with van der Waals surface area (Å²) < 4.78 is 2.41. The van der Waals surface area contributed by atoms with Crippen LogP contribution in [0.25, 0.3) is 44.0 Å². The largest absolute Gasteiger partial charge is 0.323 e. The van der Waals surface area contributed by atoms with Gasteiger partial charge in [-0.05, 0) is 51.9 Å². The van der Waals surface area contributed by atoms with E-state index >= 15 is 0 Å². The molecule has 0 fully saturated rings. The van der Waals surface area contributed by atoms with E-state index in [9.17, 15) is 0 Å². The fraction of sp³-hybridized carbons (Fsp3) is 0.160. The number of aryl methyl sites for hydroxylation is 1. The van der Waals surface area contributed by atoms with Crippen molar-refractivity contribution in [3.8, 4) is 11.4 Å². The summed E-state index contributed by atoms with van der Waals surface area (Å²) in [5.41, 5.74) is 4.40. The molecule has 1 aromatic heterocycles. The number of imidazole rings is 1. The van der Waals surface area contributed by atoms with Gasteiger partial charge in [0.1, 0.15) is 5.82 Å². The number of unbranched alkanes of at least 4 members (excludes halogenated alkanes) is 1. The summed E-state index contributed by atoms with van der Waals surface area (Å²) in [4.78, 5) is 5.21. The molecule has 1 aliphatic heterocycles. The van der Waals surface area contributed by atoms with Crippen LogP contribution in [0.15, 0.2) is 83.2 Å². The van der Waals surface area contributed by atoms with Crippen molar-refractivity contribution in [2.45, 2.75) is 26.3 Å². The van der Waals surface area contributed by atoms with E-state index in [0.717, 1.165) is 42.0 Å². The second-order valence-electron chi connectivity index (χ2n) is 7.74. The third-order valence-corrected chi connectivity index (χ3v) is 5.89. The first-order valence-corrected chi connectivity index (χ1v) is 10.5. The zero-order valence-electron chi connectivity index (χ0n) is 16.8. The van der Waals surface area contributed by atoms with E-state index in [1.807, 2.05) is 0 Å². The Labute approximate surface area is 174 Å². The van der Waals surface area contributed by atoms with Gasteiger partial charge < -0.3 is 4.57 Å². The molecule has 4 aromatic carbocycles. The smallest absolute Gasteiger partial charge is 0.141 e. The Morgan fingerprint density at radius 2 is 1.37 bits per heavy atom. The highest BCUT2D eigenvalue weighted by atomic mass is 15.9. The summed E-state index contributed by atoms with van der Waals surface area (Å²) >= 11 is 0. The zero-order chi connectivity index (χ0) is 20.1. The summed E-state index contributed by atoms with van der Waals surface area (Å²) in [6.07, 6.45) is 2.25. The molecule has 0 aliphatic carbocycles. The minimum atomic E-state index is 0.948. The molecule has 5 heteroatoms. The van der Waals surface area contributed by atoms with Crippen molar-refractivity contribution in [3.05, 3.63) is 72.8 Å². The molecule has 30 heavy (non-hydrogen) atoms. The molecule has 5 aromatic rings. The van der Waals surface area contributed by atoms with E-state index in [1.54, 1.807) is 5.12 Å². The molecule has 2 heterocycles. The number of benzene rings is 4. The molecule has 146 valence electrons. The van der Waals surface area contributed by atoms with Gasteiger partial charge in [0.25, 0.3) is 0 Å². The second kappa shape index (κ2) is 6.66. The number of fused-ring (bicyclic) bond motifs is 6. The van der Waals surface area contributed by atoms with Gasteiger partial charge in [-0.2, -0.15) is 0 Å². The van der Waals surface area contributed by atoms with Crippen molar-refractivity contribution in [3.63, 3.8) is 0 Å². The summed E-state index contributed by atoms with van der Waals surface area (Å²) in [5.74, 6) is 1.02. The minimum absolute atomic E-state index is 0.948. The lowest BCUT2D eigenvalue weighted by Gasteiger charge is -2.12. The van der Waals surface area contributed by atoms with Gasteiger partial charge in [-0.1, -0.05) is 61.9 Å². The van der Waals surface area contributed by atoms with Crippen LogP contribution in [0.2, 0.25) is 0 Å². The highest BCUT2D eigenvalue weighted by Crippen LogP contribution is 2.38. The lowest BCUT2D eigenvalue weighted by Crippen LogP contribution is -2.01. The molecule has 0 radical (unpaired) electrons. The van der Waals surface area contributed by atoms with Gasteiger partial charge in [0, 0.05) is 22.9 Å². The van der Waals surface area contributed by atoms with Gasteiger partial charge in [-0.3, -0.25) is 0 Å². The quantitative estimate of drug-likeness (QED) is 0.306. The highest BCUT2D eigenvalue weighted by Gasteiger charge is 2.19. The van der Waals surface area contributed by atoms with E-state index in [-0.39, 0.29) is 0 Å². The first-order chi connectivity index (χ1) is 14.8. The Morgan fingerprint density at radius 3 is 2.03 bits per heavy atom. The van der Waals surface area contributed by atoms with E-state index in [1.165, 1.54) is 27.1 Å². The number of hydrogen-bond donors (Lipinski definition) is 0. The number of hydrogen-bond acceptors (Lipinski definition) is 4. The lowest BCUT2D eigenvalue weighted by molar-refractivity contribution is 0.652. The number of aromatic nitrogens is 2. The van der Waals surface area contributed by atoms with Crippen LogP contribution in [0, 0.1) is 0 Å². The average molecular weight is 391 g/mol. The third kappa shape index (κ3) is 2.59. The standard InChI is InChI=1S/C25H21N5/c1-2-3-16-29-24-22-11-7-5-9-20(22)19-8-4-6-10-21(19)23(24)26-25(29)17-12-14-18(15-13-17)30-27-28-30/h4-15H,2-3,16H2,1H3. The molecule has 5 nitrogen and oxygen atoms in total. The Morgan fingerprint density at radius 1 is 0.733 bits per heavy atom. The third-order valence-electron chi connectivity index (χ3n) is 5.89. The van der Waals surface area contributed by atoms with Crippen molar-refractivity contribution < 1.29 is 0 Å². The maximum absolute atomic E-state index is 5.21. The first-order valence-electron chi connectivity index (χ1n) is 10.5. The van der Waals surface area contributed by atoms with Crippen LogP contribution in [0.4, 0.5) is 5.69 Å². The molecule has 0 amide bonds. The van der Waals surface area contributed by atoms with E-state index < -0.39 is 0 Å². The molecule has 0 unspecified atom stereocenters. The highest BCUT2D eigenvalue weighted by molar-refractivity contribution is 6.23. The molecule has 0 atom stereocenters. The molecule has 0 spiro atoms. The molecule has 0 saturated carbocycles. The maximum Gasteiger partial charge on any atom is 0.141 e. The van der Waals surface area contributed by atoms with Crippen LogP contribution < -0.4 is 5.12 Å². The predicted molar refractivity (Wildman–Crippen MR) is 122 cm³/mol. The predicted octanol–water partition coefficient (Wildman–Crippen LogP) is 6.91. The summed E-state index contributed by atoms with van der Waals surface area (Å²) in [5, 5.41) is 14.4. The van der Waals surface area contributed by atoms with E-state index in [0.29, 0.717) is 0 Å². The van der Waals surface area contributed by atoms with Gasteiger partial charge in [0.05, 0.1) is 16.7 Å². The van der Waals surface area contributed by atoms with Gasteiger partial charge in [-0.25, -0.2) is 4.98 Å². The van der Waals surface area contributed by atoms with Crippen LogP contribution in [0.3, 0.4) is 0 Å². The fourth-order valence-corrected chi connectivity index (χ4v) is 4.38. The van der Waals surface area contributed by atoms with Gasteiger partial charge >= 0.3 is 0 Å². The zero-order valence-corrected chi connectivity index (χ0v) is 16.8. The van der Waals surface area contributed by atoms with Crippen LogP contribution in [0.1, 0.15) is 19.8 Å². The summed E-state index contributed by atoms with van der Waals surface area (Å²) in [7, 11) is 0. The molecular weight excluding hydrogens is 370 g/mol. The monoisotopic (exact) mass is 391 g/mol. The van der Waals surface area contributed by atoms with Crippen LogP contribution in [-0.2, 0) is 6.54 Å². The molecule has 0 bridgehead atoms. The Balaban J connectivity index is 1.68. The maximum atomic E-state index is 5.21. The van der Waals surface area contributed by atoms with Crippen molar-refractivity contribution in [2.24, 2.45) is 10.4 Å². The molecular formula is C25H21N5. The fourth-order valence-electron chi connectivity index (χ4n) is 4.38. The minimum Gasteiger partial charge on any atom is -0.323 e. The normalized spacial score (nSPS) is 13.0. The lowest BCUT2D eigenvalue weighted by atomic mass is 10.00. The average Bonchev–Trinajstić information content (AvgIpc) is 3.58. The second-order valence-corrected chi connectivity index (χ2v) is 7.74. The Bertz CT molecular complexity index is 1420. The molecule has 6 rings (SSSR count). The van der Waals surface area contributed by atoms with Crippen LogP contribution >= 0.6 is 0 Å². The number of anilines is 1. The van der Waals surface area contributed by atoms with Gasteiger partial charge in [-0.15, -0.1) is 5.12 Å². The molecule has 0 saturated heterocycles. The van der Waals surface area contributed by atoms with Crippen molar-refractivity contribution in [1.82, 2.24) is 9.55 Å². The summed E-state index contributed by atoms with van der Waals surface area (Å²) in [6, 6.07) is 25.6. The number of rotatable bonds is 5. The molecule has 1 aliphatic rings. The Kier molecular flexibility index (Phi) is 3.81. The van der Waals surface area contributed by atoms with Gasteiger partial charge in [0.15, 0.2) is 0 Å². The number of nitrogens with zero attached hydrogens (tertiary/aromatic N) is 5. The van der Waals surface area contributed by atoms with Gasteiger partial charge in [0.2, 0.25) is 0 Å². The van der Waals surface area contributed by atoms with E-state index in [2.05, 4.69) is 94.7 Å². The topological polar surface area (TPSA) is 45.5 Å².